The SMILES string of the molecule is O=C(O)C(CCN(CCCCc1ccc2c(n1)NCCC2)Cc1nccs1)Nc1ncnc2ccccc12. The van der Waals surface area contributed by atoms with Crippen LogP contribution in [-0.4, -0.2) is 61.6 Å². The molecule has 0 spiro atoms. The van der Waals surface area contributed by atoms with E-state index in [0.29, 0.717) is 25.3 Å². The van der Waals surface area contributed by atoms with E-state index in [-0.39, 0.29) is 0 Å². The van der Waals surface area contributed by atoms with Crippen molar-refractivity contribution in [1.82, 2.24) is 24.8 Å². The van der Waals surface area contributed by atoms with Gasteiger partial charge in [0, 0.05) is 35.7 Å². The summed E-state index contributed by atoms with van der Waals surface area (Å²) in [6.07, 6.45) is 8.93. The lowest BCUT2D eigenvalue weighted by Crippen LogP contribution is -2.35. The number of rotatable bonds is 13. The molecular formula is C28H33N7O2S. The Morgan fingerprint density at radius 1 is 1.13 bits per heavy atom. The summed E-state index contributed by atoms with van der Waals surface area (Å²) >= 11 is 1.63. The number of aromatic nitrogens is 4. The summed E-state index contributed by atoms with van der Waals surface area (Å²) in [4.78, 5) is 32.3. The molecule has 0 aliphatic carbocycles. The van der Waals surface area contributed by atoms with E-state index in [4.69, 9.17) is 4.98 Å². The van der Waals surface area contributed by atoms with Gasteiger partial charge in [-0.1, -0.05) is 18.2 Å². The van der Waals surface area contributed by atoms with Gasteiger partial charge in [0.25, 0.3) is 0 Å². The molecular weight excluding hydrogens is 498 g/mol. The van der Waals surface area contributed by atoms with Crippen molar-refractivity contribution in [3.05, 3.63) is 70.6 Å². The Kier molecular flexibility index (Phi) is 8.72. The van der Waals surface area contributed by atoms with Gasteiger partial charge in [-0.25, -0.2) is 24.7 Å². The number of carbonyl (C=O) groups is 1. The van der Waals surface area contributed by atoms with E-state index >= 15 is 0 Å². The number of carboxylic acid groups (broad SMARTS) is 1. The number of hydrogen-bond acceptors (Lipinski definition) is 9. The second-order valence-corrected chi connectivity index (χ2v) is 10.5. The topological polar surface area (TPSA) is 116 Å². The van der Waals surface area contributed by atoms with Crippen LogP contribution in [0.1, 0.15) is 41.9 Å². The number of aryl methyl sites for hydroxylation is 2. The van der Waals surface area contributed by atoms with Gasteiger partial charge in [-0.3, -0.25) is 4.90 Å². The minimum absolute atomic E-state index is 0.442. The van der Waals surface area contributed by atoms with Gasteiger partial charge >= 0.3 is 5.97 Å². The first-order chi connectivity index (χ1) is 18.7. The Balaban J connectivity index is 1.18. The molecule has 3 N–H and O–H groups in total. The predicted molar refractivity (Wildman–Crippen MR) is 151 cm³/mol. The van der Waals surface area contributed by atoms with Crippen LogP contribution in [0.5, 0.6) is 0 Å². The molecule has 4 heterocycles. The quantitative estimate of drug-likeness (QED) is 0.213. The average Bonchev–Trinajstić information content (AvgIpc) is 3.46. The molecule has 198 valence electrons. The van der Waals surface area contributed by atoms with Gasteiger partial charge < -0.3 is 15.7 Å². The van der Waals surface area contributed by atoms with E-state index < -0.39 is 12.0 Å². The van der Waals surface area contributed by atoms with Crippen LogP contribution in [0.25, 0.3) is 10.9 Å². The molecule has 0 saturated carbocycles. The molecule has 5 rings (SSSR count). The summed E-state index contributed by atoms with van der Waals surface area (Å²) in [6.45, 7) is 3.20. The highest BCUT2D eigenvalue weighted by molar-refractivity contribution is 7.09. The fourth-order valence-electron chi connectivity index (χ4n) is 4.80. The summed E-state index contributed by atoms with van der Waals surface area (Å²) < 4.78 is 0. The first kappa shape index (κ1) is 26.0. The summed E-state index contributed by atoms with van der Waals surface area (Å²) in [5, 5.41) is 20.3. The maximum absolute atomic E-state index is 12.1. The molecule has 0 saturated heterocycles. The average molecular weight is 532 g/mol. The first-order valence-corrected chi connectivity index (χ1v) is 14.1. The van der Waals surface area contributed by atoms with Gasteiger partial charge in [0.1, 0.15) is 29.0 Å². The molecule has 0 amide bonds. The highest BCUT2D eigenvalue weighted by atomic mass is 32.1. The number of thiazole rings is 1. The number of anilines is 2. The summed E-state index contributed by atoms with van der Waals surface area (Å²) in [5.74, 6) is 0.693. The Labute approximate surface area is 226 Å². The molecule has 1 unspecified atom stereocenters. The number of para-hydroxylation sites is 1. The zero-order valence-electron chi connectivity index (χ0n) is 21.3. The lowest BCUT2D eigenvalue weighted by molar-refractivity contribution is -0.138. The van der Waals surface area contributed by atoms with Crippen molar-refractivity contribution in [1.29, 1.82) is 0 Å². The van der Waals surface area contributed by atoms with Crippen LogP contribution in [-0.2, 0) is 24.2 Å². The Bertz CT molecular complexity index is 1340. The maximum Gasteiger partial charge on any atom is 0.326 e. The summed E-state index contributed by atoms with van der Waals surface area (Å²) in [7, 11) is 0. The molecule has 9 nitrogen and oxygen atoms in total. The van der Waals surface area contributed by atoms with Gasteiger partial charge in [-0.15, -0.1) is 11.3 Å². The number of benzene rings is 1. The second-order valence-electron chi connectivity index (χ2n) is 9.56. The van der Waals surface area contributed by atoms with Crippen LogP contribution >= 0.6 is 11.3 Å². The Morgan fingerprint density at radius 2 is 2.05 bits per heavy atom. The monoisotopic (exact) mass is 531 g/mol. The third-order valence-corrected chi connectivity index (χ3v) is 7.60. The molecule has 1 aliphatic heterocycles. The maximum atomic E-state index is 12.1. The van der Waals surface area contributed by atoms with E-state index in [1.165, 1.54) is 11.9 Å². The molecule has 4 aromatic rings. The fourth-order valence-corrected chi connectivity index (χ4v) is 5.45. The van der Waals surface area contributed by atoms with Crippen LogP contribution in [0.4, 0.5) is 11.6 Å². The second kappa shape index (κ2) is 12.7. The lowest BCUT2D eigenvalue weighted by Gasteiger charge is -2.24. The minimum Gasteiger partial charge on any atom is -0.480 e. The van der Waals surface area contributed by atoms with Crippen molar-refractivity contribution >= 4 is 39.8 Å². The number of nitrogens with one attached hydrogen (secondary N) is 2. The third-order valence-electron chi connectivity index (χ3n) is 6.84. The molecule has 0 radical (unpaired) electrons. The number of carboxylic acids is 1. The molecule has 38 heavy (non-hydrogen) atoms. The van der Waals surface area contributed by atoms with Gasteiger partial charge in [0.15, 0.2) is 0 Å². The summed E-state index contributed by atoms with van der Waals surface area (Å²) in [6, 6.07) is 11.2. The molecule has 1 atom stereocenters. The zero-order chi connectivity index (χ0) is 26.2. The van der Waals surface area contributed by atoms with Crippen LogP contribution < -0.4 is 10.6 Å². The standard InChI is InChI=1S/C28H33N7O2S/c36-28(37)24(34-27-22-8-1-2-9-23(22)31-19-32-27)12-16-35(18-25-29-14-17-38-25)15-4-3-7-21-11-10-20-6-5-13-30-26(20)33-21/h1-2,8-11,14,17,19,24H,3-7,12-13,15-16,18H2,(H,30,33)(H,36,37)(H,31,32,34). The number of nitrogens with zero attached hydrogens (tertiary/aromatic N) is 5. The lowest BCUT2D eigenvalue weighted by atomic mass is 10.1. The van der Waals surface area contributed by atoms with E-state index in [0.717, 1.165) is 72.6 Å². The van der Waals surface area contributed by atoms with Crippen LogP contribution in [0, 0.1) is 0 Å². The molecule has 0 bridgehead atoms. The Hall–Kier alpha value is -3.63. The van der Waals surface area contributed by atoms with Gasteiger partial charge in [0.05, 0.1) is 12.1 Å². The van der Waals surface area contributed by atoms with Crippen molar-refractivity contribution in [2.45, 2.75) is 51.1 Å². The molecule has 1 aliphatic rings. The van der Waals surface area contributed by atoms with E-state index in [9.17, 15) is 9.90 Å². The largest absolute Gasteiger partial charge is 0.480 e. The van der Waals surface area contributed by atoms with E-state index in [1.807, 2.05) is 35.8 Å². The number of aliphatic carboxylic acids is 1. The number of hydrogen-bond donors (Lipinski definition) is 3. The van der Waals surface area contributed by atoms with Crippen LogP contribution in [0.2, 0.25) is 0 Å². The van der Waals surface area contributed by atoms with Crippen molar-refractivity contribution in [3.8, 4) is 0 Å². The van der Waals surface area contributed by atoms with Gasteiger partial charge in [-0.05, 0) is 68.8 Å². The smallest absolute Gasteiger partial charge is 0.326 e. The molecule has 10 heteroatoms. The van der Waals surface area contributed by atoms with Gasteiger partial charge in [0.2, 0.25) is 0 Å². The highest BCUT2D eigenvalue weighted by Gasteiger charge is 2.21. The Morgan fingerprint density at radius 3 is 2.92 bits per heavy atom. The fraction of sp³-hybridized carbons (Fsp3) is 0.393. The zero-order valence-corrected chi connectivity index (χ0v) is 22.2. The molecule has 3 aromatic heterocycles. The normalized spacial score (nSPS) is 13.7. The number of pyridine rings is 1. The number of unbranched alkanes of at least 4 members (excludes halogenated alkanes) is 1. The van der Waals surface area contributed by atoms with Gasteiger partial charge in [-0.2, -0.15) is 0 Å². The van der Waals surface area contributed by atoms with Crippen LogP contribution in [0.15, 0.2) is 54.3 Å². The molecule has 0 fully saturated rings. The highest BCUT2D eigenvalue weighted by Crippen LogP contribution is 2.22. The minimum atomic E-state index is -0.894. The van der Waals surface area contributed by atoms with Crippen molar-refractivity contribution in [2.24, 2.45) is 0 Å². The summed E-state index contributed by atoms with van der Waals surface area (Å²) in [5.41, 5.74) is 3.21. The van der Waals surface area contributed by atoms with E-state index in [1.54, 1.807) is 11.3 Å². The third kappa shape index (κ3) is 6.81. The van der Waals surface area contributed by atoms with Crippen molar-refractivity contribution < 1.29 is 9.90 Å². The number of fused-ring (bicyclic) bond motifs is 2. The van der Waals surface area contributed by atoms with Crippen LogP contribution in [0.3, 0.4) is 0 Å². The van der Waals surface area contributed by atoms with Crippen molar-refractivity contribution in [3.63, 3.8) is 0 Å². The molecule has 1 aromatic carbocycles. The first-order valence-electron chi connectivity index (χ1n) is 13.2. The predicted octanol–water partition coefficient (Wildman–Crippen LogP) is 4.62. The van der Waals surface area contributed by atoms with Crippen molar-refractivity contribution in [2.75, 3.05) is 30.3 Å². The van der Waals surface area contributed by atoms with E-state index in [2.05, 4.69) is 42.6 Å².